The van der Waals surface area contributed by atoms with Crippen molar-refractivity contribution in [3.63, 3.8) is 0 Å². The van der Waals surface area contributed by atoms with Crippen molar-refractivity contribution in [2.45, 2.75) is 32.1 Å². The van der Waals surface area contributed by atoms with Crippen molar-refractivity contribution in [3.8, 4) is 0 Å². The van der Waals surface area contributed by atoms with Gasteiger partial charge in [-0.05, 0) is 6.92 Å². The Bertz CT molecular complexity index is 444. The number of nitrogens with zero attached hydrogens (tertiary/aromatic N) is 2. The third kappa shape index (κ3) is 3.29. The minimum atomic E-state index is 0.0785. The van der Waals surface area contributed by atoms with Gasteiger partial charge in [0.05, 0.1) is 6.54 Å². The fourth-order valence-electron chi connectivity index (χ4n) is 1.84. The number of carbonyl (C=O) groups is 2. The molecule has 1 aliphatic heterocycles. The zero-order valence-electron chi connectivity index (χ0n) is 9.80. The molecule has 4 nitrogen and oxygen atoms in total. The van der Waals surface area contributed by atoms with Crippen LogP contribution in [-0.2, 0) is 16.1 Å². The Hall–Kier alpha value is -0.880. The Balaban J connectivity index is 1.94. The molecule has 1 fully saturated rings. The van der Waals surface area contributed by atoms with Gasteiger partial charge in [-0.1, -0.05) is 11.8 Å². The molecule has 2 heterocycles. The zero-order valence-corrected chi connectivity index (χ0v) is 11.4. The van der Waals surface area contributed by atoms with Crippen LogP contribution in [0.5, 0.6) is 0 Å². The Kier molecular flexibility index (Phi) is 3.83. The molecule has 0 aromatic carbocycles. The van der Waals surface area contributed by atoms with Crippen LogP contribution in [0, 0.1) is 6.92 Å². The van der Waals surface area contributed by atoms with Gasteiger partial charge in [-0.25, -0.2) is 4.98 Å². The first kappa shape index (κ1) is 12.6. The number of thioether (sulfide) groups is 1. The monoisotopic (exact) mass is 270 g/mol. The first-order valence-corrected chi connectivity index (χ1v) is 7.16. The van der Waals surface area contributed by atoms with Crippen LogP contribution in [0.3, 0.4) is 0 Å². The Morgan fingerprint density at radius 3 is 3.06 bits per heavy atom. The summed E-state index contributed by atoms with van der Waals surface area (Å²) in [4.78, 5) is 28.9. The van der Waals surface area contributed by atoms with E-state index in [1.165, 1.54) is 11.8 Å². The number of likely N-dealkylation sites (tertiary alicyclic amines) is 1. The highest BCUT2D eigenvalue weighted by molar-refractivity contribution is 8.14. The number of amides is 1. The average Bonchev–Trinajstić information content (AvgIpc) is 2.74. The smallest absolute Gasteiger partial charge is 0.224 e. The van der Waals surface area contributed by atoms with Crippen LogP contribution in [-0.4, -0.2) is 32.7 Å². The Morgan fingerprint density at radius 1 is 1.71 bits per heavy atom. The van der Waals surface area contributed by atoms with Gasteiger partial charge in [0.15, 0.2) is 5.12 Å². The molecule has 1 aromatic heterocycles. The number of thiazole rings is 1. The first-order valence-electron chi connectivity index (χ1n) is 5.40. The second-order valence-electron chi connectivity index (χ2n) is 4.09. The molecule has 17 heavy (non-hydrogen) atoms. The van der Waals surface area contributed by atoms with E-state index in [9.17, 15) is 9.59 Å². The Labute approximate surface area is 108 Å². The molecule has 0 bridgehead atoms. The molecule has 1 saturated heterocycles. The minimum absolute atomic E-state index is 0.0785. The van der Waals surface area contributed by atoms with E-state index in [0.717, 1.165) is 10.7 Å². The normalized spacial score (nSPS) is 20.0. The summed E-state index contributed by atoms with van der Waals surface area (Å²) in [6, 6.07) is 0. The standard InChI is InChI=1S/C11H14N2O2S2/c1-7-6-16-10(12-7)5-13-4-9(3-11(13)15)17-8(2)14/h6,9H,3-5H2,1-2H3. The summed E-state index contributed by atoms with van der Waals surface area (Å²) in [7, 11) is 0. The average molecular weight is 270 g/mol. The molecule has 1 aromatic rings. The van der Waals surface area contributed by atoms with E-state index in [1.807, 2.05) is 12.3 Å². The summed E-state index contributed by atoms with van der Waals surface area (Å²) in [6.07, 6.45) is 0.467. The molecule has 0 saturated carbocycles. The lowest BCUT2D eigenvalue weighted by Crippen LogP contribution is -2.24. The number of aryl methyl sites for hydroxylation is 1. The second-order valence-corrected chi connectivity index (χ2v) is 6.51. The molecule has 1 unspecified atom stereocenters. The fourth-order valence-corrected chi connectivity index (χ4v) is 3.58. The van der Waals surface area contributed by atoms with Gasteiger partial charge in [0.1, 0.15) is 5.01 Å². The van der Waals surface area contributed by atoms with Crippen molar-refractivity contribution in [2.24, 2.45) is 0 Å². The molecule has 0 aliphatic carbocycles. The van der Waals surface area contributed by atoms with Crippen molar-refractivity contribution in [2.75, 3.05) is 6.54 Å². The molecule has 6 heteroatoms. The van der Waals surface area contributed by atoms with Crippen molar-refractivity contribution in [1.82, 2.24) is 9.88 Å². The maximum absolute atomic E-state index is 11.8. The van der Waals surface area contributed by atoms with Gasteiger partial charge in [-0.15, -0.1) is 11.3 Å². The van der Waals surface area contributed by atoms with Crippen LogP contribution < -0.4 is 0 Å². The largest absolute Gasteiger partial charge is 0.335 e. The van der Waals surface area contributed by atoms with Gasteiger partial charge in [0, 0.05) is 36.2 Å². The summed E-state index contributed by atoms with van der Waals surface area (Å²) in [5, 5.41) is 3.14. The molecule has 2 rings (SSSR count). The summed E-state index contributed by atoms with van der Waals surface area (Å²) in [5.74, 6) is 0.122. The lowest BCUT2D eigenvalue weighted by molar-refractivity contribution is -0.128. The molecule has 92 valence electrons. The summed E-state index contributed by atoms with van der Waals surface area (Å²) >= 11 is 2.84. The third-order valence-electron chi connectivity index (χ3n) is 2.50. The molecule has 1 atom stereocenters. The number of hydrogen-bond acceptors (Lipinski definition) is 5. The van der Waals surface area contributed by atoms with E-state index in [4.69, 9.17) is 0 Å². The quantitative estimate of drug-likeness (QED) is 0.841. The van der Waals surface area contributed by atoms with Crippen molar-refractivity contribution >= 4 is 34.1 Å². The predicted molar refractivity (Wildman–Crippen MR) is 68.9 cm³/mol. The van der Waals surface area contributed by atoms with E-state index < -0.39 is 0 Å². The highest BCUT2D eigenvalue weighted by Crippen LogP contribution is 2.25. The molecule has 0 radical (unpaired) electrons. The molecular formula is C11H14N2O2S2. The number of hydrogen-bond donors (Lipinski definition) is 0. The van der Waals surface area contributed by atoms with Crippen LogP contribution in [0.15, 0.2) is 5.38 Å². The highest BCUT2D eigenvalue weighted by atomic mass is 32.2. The molecular weight excluding hydrogens is 256 g/mol. The third-order valence-corrected chi connectivity index (χ3v) is 4.44. The van der Waals surface area contributed by atoms with Crippen LogP contribution in [0.25, 0.3) is 0 Å². The summed E-state index contributed by atoms with van der Waals surface area (Å²) < 4.78 is 0. The van der Waals surface area contributed by atoms with Gasteiger partial charge in [0.25, 0.3) is 0 Å². The van der Waals surface area contributed by atoms with Crippen LogP contribution in [0.4, 0.5) is 0 Å². The van der Waals surface area contributed by atoms with Gasteiger partial charge in [-0.2, -0.15) is 0 Å². The van der Waals surface area contributed by atoms with Crippen LogP contribution >= 0.6 is 23.1 Å². The fraction of sp³-hybridized carbons (Fsp3) is 0.545. The summed E-state index contributed by atoms with van der Waals surface area (Å²) in [5.41, 5.74) is 0.992. The number of aromatic nitrogens is 1. The van der Waals surface area contributed by atoms with Crippen LogP contribution in [0.2, 0.25) is 0 Å². The van der Waals surface area contributed by atoms with Crippen LogP contribution in [0.1, 0.15) is 24.0 Å². The number of rotatable bonds is 3. The van der Waals surface area contributed by atoms with Gasteiger partial charge in [-0.3, -0.25) is 9.59 Å². The van der Waals surface area contributed by atoms with Gasteiger partial charge >= 0.3 is 0 Å². The molecule has 1 amide bonds. The topological polar surface area (TPSA) is 50.3 Å². The summed E-state index contributed by atoms with van der Waals surface area (Å²) in [6.45, 7) is 4.72. The van der Waals surface area contributed by atoms with E-state index in [2.05, 4.69) is 4.98 Å². The lowest BCUT2D eigenvalue weighted by atomic mass is 10.4. The van der Waals surface area contributed by atoms with E-state index in [1.54, 1.807) is 23.2 Å². The second kappa shape index (κ2) is 5.18. The molecule has 1 aliphatic rings. The zero-order chi connectivity index (χ0) is 12.4. The Morgan fingerprint density at radius 2 is 2.47 bits per heavy atom. The lowest BCUT2D eigenvalue weighted by Gasteiger charge is -2.14. The molecule has 0 N–H and O–H groups in total. The van der Waals surface area contributed by atoms with E-state index >= 15 is 0 Å². The van der Waals surface area contributed by atoms with Gasteiger partial charge < -0.3 is 4.90 Å². The molecule has 0 spiro atoms. The number of carbonyl (C=O) groups excluding carboxylic acids is 2. The maximum Gasteiger partial charge on any atom is 0.224 e. The predicted octanol–water partition coefficient (Wildman–Crippen LogP) is 1.83. The van der Waals surface area contributed by atoms with Crippen molar-refractivity contribution in [3.05, 3.63) is 16.1 Å². The minimum Gasteiger partial charge on any atom is -0.335 e. The highest BCUT2D eigenvalue weighted by Gasteiger charge is 2.31. The SMILES string of the molecule is CC(=O)SC1CC(=O)N(Cc2nc(C)cs2)C1. The first-order chi connectivity index (χ1) is 8.04. The van der Waals surface area contributed by atoms with E-state index in [0.29, 0.717) is 19.5 Å². The van der Waals surface area contributed by atoms with Crippen molar-refractivity contribution in [1.29, 1.82) is 0 Å². The van der Waals surface area contributed by atoms with Crippen molar-refractivity contribution < 1.29 is 9.59 Å². The maximum atomic E-state index is 11.8. The van der Waals surface area contributed by atoms with E-state index in [-0.39, 0.29) is 16.3 Å². The van der Waals surface area contributed by atoms with Gasteiger partial charge in [0.2, 0.25) is 5.91 Å².